The van der Waals surface area contributed by atoms with E-state index in [-0.39, 0.29) is 24.7 Å². The van der Waals surface area contributed by atoms with Crippen molar-refractivity contribution in [3.8, 4) is 0 Å². The van der Waals surface area contributed by atoms with Crippen LogP contribution in [0.2, 0.25) is 0 Å². The lowest BCUT2D eigenvalue weighted by atomic mass is 10.1. The van der Waals surface area contributed by atoms with Gasteiger partial charge < -0.3 is 52.0 Å². The Morgan fingerprint density at radius 1 is 0.279 bits per heavy atom. The number of furan rings is 4. The van der Waals surface area contributed by atoms with Gasteiger partial charge in [-0.1, -0.05) is 121 Å². The van der Waals surface area contributed by atoms with Gasteiger partial charge in [-0.15, -0.1) is 0 Å². The highest BCUT2D eigenvalue weighted by Gasteiger charge is 2.42. The van der Waals surface area contributed by atoms with E-state index in [1.54, 1.807) is 12.4 Å². The lowest BCUT2D eigenvalue weighted by Crippen LogP contribution is -2.42. The molecule has 0 fully saturated rings. The Morgan fingerprint density at radius 3 is 1.01 bits per heavy atom. The largest absolute Gasteiger partial charge is 0.454 e. The molecule has 520 valence electrons. The van der Waals surface area contributed by atoms with E-state index >= 15 is 0 Å². The molecule has 0 N–H and O–H groups in total. The van der Waals surface area contributed by atoms with Crippen LogP contribution in [0.1, 0.15) is 77.6 Å². The molecule has 8 aromatic heterocycles. The number of rotatable bonds is 6. The first-order valence-corrected chi connectivity index (χ1v) is 36.0. The molecule has 4 atom stereocenters. The number of hydrogen-bond acceptors (Lipinski definition) is 17. The smallest absolute Gasteiger partial charge is 0.178 e. The van der Waals surface area contributed by atoms with Gasteiger partial charge in [0.05, 0.1) is 39.8 Å². The second-order valence-corrected chi connectivity index (χ2v) is 28.3. The summed E-state index contributed by atoms with van der Waals surface area (Å²) < 4.78 is 25.3. The Balaban J connectivity index is 0.000000103. The molecule has 17 heteroatoms. The lowest BCUT2D eigenvalue weighted by Gasteiger charge is -2.33. The standard InChI is InChI=1S/2C23H23N3O.C21H19N3O.C20H18N4O/c1-14(2)25-16(4)26(19-9-7-13-24-23(19)25)21-15(3)11-12-18-17-8-5-6-10-20(17)27-22(18)21;1-14(2)25-16(4)26(23-19(25)9-7-13-24-23)21-15(3)11-12-18-17-8-5-6-10-20(17)27-22(18)21;1-13-10-11-16-15-7-4-5-9-18(15)25-20(16)19(13)24-14(2)23(3)21-17(24)8-6-12-22-21;1-12-8-9-15-14-6-4-5-7-16(14)25-18(15)17(12)24-13(2)23(3)19-20(24)22-11-10-21-19/h2*5-14,16H,1-4H3;4-12,14H,1-3H3;4-11,13H,1-3H3. The highest BCUT2D eigenvalue weighted by molar-refractivity contribution is 6.14. The normalized spacial score (nSPS) is 16.8. The van der Waals surface area contributed by atoms with Gasteiger partial charge in [0, 0.05) is 100 Å². The van der Waals surface area contributed by atoms with Gasteiger partial charge in [0.15, 0.2) is 51.4 Å². The maximum Gasteiger partial charge on any atom is 0.178 e. The summed E-state index contributed by atoms with van der Waals surface area (Å²) in [6.45, 7) is 26.3. The first kappa shape index (κ1) is 65.2. The van der Waals surface area contributed by atoms with Crippen LogP contribution in [-0.2, 0) is 0 Å². The molecule has 0 spiro atoms. The number of anilines is 12. The van der Waals surface area contributed by atoms with Crippen LogP contribution in [0.4, 0.5) is 68.9 Å². The molecule has 16 aromatic rings. The SMILES string of the molecule is Cc1ccc2c(oc3ccccc32)c1N1c2cccnc2N(C(C)C)C1C.Cc1ccc2c(oc3ccccc32)c1N1c2cccnc2N(C)C1C.Cc1ccc2c(oc3ccccc32)c1N1c2ncccc2N(C(C)C)C1C.Cc1ccc2c(oc3ccccc32)c1N1c2nccnc2N(C)C1C. The molecular weight excluding hydrogens is 1290 g/mol. The fraction of sp³-hybridized carbons (Fsp3) is 0.230. The average molecular weight is 1370 g/mol. The number of benzene rings is 8. The first-order chi connectivity index (χ1) is 50.5. The monoisotopic (exact) mass is 1370 g/mol. The number of nitrogens with zero attached hydrogens (tertiary/aromatic N) is 13. The zero-order chi connectivity index (χ0) is 71.7. The van der Waals surface area contributed by atoms with E-state index in [2.05, 4.69) is 253 Å². The summed E-state index contributed by atoms with van der Waals surface area (Å²) in [5.74, 6) is 4.79. The second kappa shape index (κ2) is 25.4. The van der Waals surface area contributed by atoms with Gasteiger partial charge in [-0.25, -0.2) is 24.9 Å². The lowest BCUT2D eigenvalue weighted by molar-refractivity contribution is 0.598. The van der Waals surface area contributed by atoms with Crippen LogP contribution in [0.5, 0.6) is 0 Å². The van der Waals surface area contributed by atoms with Crippen LogP contribution >= 0.6 is 0 Å². The molecule has 8 aromatic carbocycles. The average Bonchev–Trinajstić information content (AvgIpc) is 1.59. The van der Waals surface area contributed by atoms with Gasteiger partial charge in [0.2, 0.25) is 0 Å². The van der Waals surface area contributed by atoms with Crippen LogP contribution in [0.25, 0.3) is 87.8 Å². The Labute approximate surface area is 604 Å². The van der Waals surface area contributed by atoms with Crippen LogP contribution in [0.3, 0.4) is 0 Å². The van der Waals surface area contributed by atoms with E-state index in [0.717, 1.165) is 157 Å². The number of pyridine rings is 3. The van der Waals surface area contributed by atoms with Gasteiger partial charge in [0.25, 0.3) is 0 Å². The summed E-state index contributed by atoms with van der Waals surface area (Å²) in [5, 5.41) is 9.21. The Kier molecular flexibility index (Phi) is 16.0. The fourth-order valence-corrected chi connectivity index (χ4v) is 16.5. The third-order valence-corrected chi connectivity index (χ3v) is 21.5. The van der Waals surface area contributed by atoms with Gasteiger partial charge in [-0.2, -0.15) is 0 Å². The Bertz CT molecular complexity index is 5650. The molecule has 0 radical (unpaired) electrons. The quantitative estimate of drug-likeness (QED) is 0.156. The number of aromatic nitrogens is 5. The van der Waals surface area contributed by atoms with E-state index in [4.69, 9.17) is 27.6 Å². The molecule has 0 saturated carbocycles. The van der Waals surface area contributed by atoms with E-state index in [9.17, 15) is 0 Å². The molecule has 0 aliphatic carbocycles. The molecule has 0 bridgehead atoms. The van der Waals surface area contributed by atoms with Crippen molar-refractivity contribution in [3.05, 3.63) is 235 Å². The van der Waals surface area contributed by atoms with Crippen molar-refractivity contribution in [3.63, 3.8) is 0 Å². The van der Waals surface area contributed by atoms with Gasteiger partial charge >= 0.3 is 0 Å². The third-order valence-electron chi connectivity index (χ3n) is 21.5. The van der Waals surface area contributed by atoms with Crippen LogP contribution in [0, 0.1) is 27.7 Å². The van der Waals surface area contributed by atoms with Crippen molar-refractivity contribution in [1.29, 1.82) is 0 Å². The number of para-hydroxylation sites is 4. The van der Waals surface area contributed by atoms with Crippen molar-refractivity contribution in [2.24, 2.45) is 0 Å². The van der Waals surface area contributed by atoms with E-state index in [1.807, 2.05) is 98.4 Å². The van der Waals surface area contributed by atoms with Crippen LogP contribution < -0.4 is 39.2 Å². The second-order valence-electron chi connectivity index (χ2n) is 28.3. The predicted octanol–water partition coefficient (Wildman–Crippen LogP) is 21.8. The topological polar surface area (TPSA) is 143 Å². The molecule has 17 nitrogen and oxygen atoms in total. The van der Waals surface area contributed by atoms with Gasteiger partial charge in [0.1, 0.15) is 47.0 Å². The Hall–Kier alpha value is -12.1. The predicted molar refractivity (Wildman–Crippen MR) is 427 cm³/mol. The summed E-state index contributed by atoms with van der Waals surface area (Å²) in [7, 11) is 4.14. The summed E-state index contributed by atoms with van der Waals surface area (Å²) >= 11 is 0. The Morgan fingerprint density at radius 2 is 0.587 bits per heavy atom. The molecule has 4 unspecified atom stereocenters. The summed E-state index contributed by atoms with van der Waals surface area (Å²) in [6.07, 6.45) is 9.67. The van der Waals surface area contributed by atoms with Crippen molar-refractivity contribution in [2.75, 3.05) is 53.3 Å². The molecule has 0 saturated heterocycles. The van der Waals surface area contributed by atoms with E-state index < -0.39 is 0 Å². The highest BCUT2D eigenvalue weighted by atomic mass is 16.3. The number of aryl methyl sites for hydroxylation is 4. The van der Waals surface area contributed by atoms with Crippen molar-refractivity contribution >= 4 is 157 Å². The maximum atomic E-state index is 6.36. The summed E-state index contributed by atoms with van der Waals surface area (Å²) in [6, 6.07) is 63.4. The van der Waals surface area contributed by atoms with Crippen molar-refractivity contribution in [1.82, 2.24) is 24.9 Å². The molecule has 4 aliphatic heterocycles. The minimum atomic E-state index is 0.106. The molecule has 20 rings (SSSR count). The van der Waals surface area contributed by atoms with Gasteiger partial charge in [-0.3, -0.25) is 4.90 Å². The minimum absolute atomic E-state index is 0.106. The molecule has 104 heavy (non-hydrogen) atoms. The number of fused-ring (bicyclic) bond motifs is 16. The minimum Gasteiger partial charge on any atom is -0.454 e. The highest BCUT2D eigenvalue weighted by Crippen LogP contribution is 2.53. The van der Waals surface area contributed by atoms with Gasteiger partial charge in [-0.05, 0) is 166 Å². The van der Waals surface area contributed by atoms with Crippen LogP contribution in [-0.4, -0.2) is 75.8 Å². The zero-order valence-electron chi connectivity index (χ0n) is 61.1. The van der Waals surface area contributed by atoms with Crippen molar-refractivity contribution < 1.29 is 17.7 Å². The summed E-state index contributed by atoms with van der Waals surface area (Å²) in [4.78, 5) is 41.5. The van der Waals surface area contributed by atoms with E-state index in [1.165, 1.54) is 22.4 Å². The van der Waals surface area contributed by atoms with E-state index in [0.29, 0.717) is 12.1 Å². The maximum absolute atomic E-state index is 6.36. The molecule has 4 aliphatic rings. The van der Waals surface area contributed by atoms with Crippen LogP contribution in [0.15, 0.2) is 231 Å². The molecule has 12 heterocycles. The molecule has 0 amide bonds. The first-order valence-electron chi connectivity index (χ1n) is 36.0. The van der Waals surface area contributed by atoms with Crippen molar-refractivity contribution in [2.45, 2.75) is 120 Å². The zero-order valence-corrected chi connectivity index (χ0v) is 61.1. The summed E-state index contributed by atoms with van der Waals surface area (Å²) in [5.41, 5.74) is 20.0. The molecular formula is C87H83N13O4. The fourth-order valence-electron chi connectivity index (χ4n) is 16.5. The number of hydrogen-bond donors (Lipinski definition) is 0. The third kappa shape index (κ3) is 10.2.